The molecule has 2 aromatic rings. The molecule has 2 aromatic carbocycles. The lowest BCUT2D eigenvalue weighted by atomic mass is 9.93. The number of halogens is 2. The third-order valence-corrected chi connectivity index (χ3v) is 8.86. The van der Waals surface area contributed by atoms with Gasteiger partial charge in [-0.2, -0.15) is 12.7 Å². The van der Waals surface area contributed by atoms with Crippen LogP contribution in [0.4, 0.5) is 19.3 Å². The molecule has 1 aliphatic heterocycles. The fourth-order valence-electron chi connectivity index (χ4n) is 4.11. The Morgan fingerprint density at radius 1 is 1.17 bits per heavy atom. The molecule has 0 bridgehead atoms. The van der Waals surface area contributed by atoms with Crippen molar-refractivity contribution in [3.05, 3.63) is 53.1 Å². The van der Waals surface area contributed by atoms with E-state index in [4.69, 9.17) is 9.84 Å². The number of hydrogen-bond donors (Lipinski definition) is 3. The molecule has 3 N–H and O–H groups in total. The summed E-state index contributed by atoms with van der Waals surface area (Å²) in [5.41, 5.74) is 0.741. The van der Waals surface area contributed by atoms with Crippen molar-refractivity contribution >= 4 is 41.2 Å². The monoisotopic (exact) mass is 527 g/mol. The quantitative estimate of drug-likeness (QED) is 0.476. The minimum Gasteiger partial charge on any atom is -0.494 e. The Bertz CT molecular complexity index is 1240. The summed E-state index contributed by atoms with van der Waals surface area (Å²) in [6.07, 6.45) is -1.62. The van der Waals surface area contributed by atoms with Gasteiger partial charge in [-0.1, -0.05) is 25.7 Å². The minimum atomic E-state index is -4.63. The lowest BCUT2D eigenvalue weighted by molar-refractivity contribution is -0.120. The second kappa shape index (κ2) is 9.91. The molecule has 0 aromatic heterocycles. The predicted molar refractivity (Wildman–Crippen MR) is 129 cm³/mol. The zero-order valence-corrected chi connectivity index (χ0v) is 21.5. The molecule has 0 unspecified atom stereocenters. The first-order valence-electron chi connectivity index (χ1n) is 10.8. The van der Waals surface area contributed by atoms with Crippen LogP contribution in [0.15, 0.2) is 30.3 Å². The van der Waals surface area contributed by atoms with E-state index in [1.165, 1.54) is 10.8 Å². The first-order valence-corrected chi connectivity index (χ1v) is 15.8. The molecule has 0 aliphatic carbocycles. The zero-order chi connectivity index (χ0) is 26.1. The third kappa shape index (κ3) is 5.79. The standard InChI is InChI=1S/C22H27F2N3O6SSi/c1-5-33-15-6-7-16-13(10-15)8-9-27(34(31,32)26-22(29)30)19(16)21(28)25-14-11-17(23)20(18(24)12-14)35(2,3)4/h6-7,10-12,19,26H,5,8-9H2,1-4H3,(H,25,28)(H,29,30)/t19-/m1/s1. The number of rotatable bonds is 7. The van der Waals surface area contributed by atoms with Crippen molar-refractivity contribution in [2.45, 2.75) is 39.0 Å². The van der Waals surface area contributed by atoms with E-state index in [-0.39, 0.29) is 23.8 Å². The van der Waals surface area contributed by atoms with Crippen LogP contribution in [-0.4, -0.2) is 51.1 Å². The van der Waals surface area contributed by atoms with Gasteiger partial charge in [-0.15, -0.1) is 0 Å². The van der Waals surface area contributed by atoms with Crippen LogP contribution in [0.3, 0.4) is 0 Å². The molecule has 0 spiro atoms. The maximum absolute atomic E-state index is 14.7. The number of anilines is 1. The van der Waals surface area contributed by atoms with E-state index in [9.17, 15) is 26.8 Å². The van der Waals surface area contributed by atoms with Gasteiger partial charge in [-0.25, -0.2) is 18.3 Å². The van der Waals surface area contributed by atoms with Crippen molar-refractivity contribution in [3.8, 4) is 5.75 Å². The number of fused-ring (bicyclic) bond motifs is 1. The Morgan fingerprint density at radius 2 is 1.80 bits per heavy atom. The molecule has 1 heterocycles. The topological polar surface area (TPSA) is 125 Å². The fourth-order valence-corrected chi connectivity index (χ4v) is 6.84. The van der Waals surface area contributed by atoms with Gasteiger partial charge < -0.3 is 15.2 Å². The molecule has 190 valence electrons. The van der Waals surface area contributed by atoms with Gasteiger partial charge in [-0.05, 0) is 48.7 Å². The van der Waals surface area contributed by atoms with E-state index < -0.39 is 48.0 Å². The molecule has 2 amide bonds. The van der Waals surface area contributed by atoms with Gasteiger partial charge >= 0.3 is 16.3 Å². The molecule has 1 atom stereocenters. The average molecular weight is 528 g/mol. The molecule has 3 rings (SSSR count). The normalized spacial score (nSPS) is 16.3. The number of amides is 2. The van der Waals surface area contributed by atoms with E-state index >= 15 is 0 Å². The summed E-state index contributed by atoms with van der Waals surface area (Å²) in [6, 6.07) is 5.24. The van der Waals surface area contributed by atoms with E-state index in [1.54, 1.807) is 38.7 Å². The fraction of sp³-hybridized carbons (Fsp3) is 0.364. The predicted octanol–water partition coefficient (Wildman–Crippen LogP) is 2.96. The summed E-state index contributed by atoms with van der Waals surface area (Å²) in [7, 11) is -6.98. The van der Waals surface area contributed by atoms with Gasteiger partial charge in [0.25, 0.3) is 0 Å². The number of ether oxygens (including phenoxy) is 1. The first-order chi connectivity index (χ1) is 16.2. The highest BCUT2D eigenvalue weighted by Crippen LogP contribution is 2.35. The van der Waals surface area contributed by atoms with Crippen molar-refractivity contribution in [3.63, 3.8) is 0 Å². The molecular weight excluding hydrogens is 500 g/mol. The summed E-state index contributed by atoms with van der Waals surface area (Å²) in [6.45, 7) is 7.32. The molecule has 0 radical (unpaired) electrons. The molecule has 0 saturated heterocycles. The van der Waals surface area contributed by atoms with Crippen molar-refractivity contribution in [1.82, 2.24) is 9.03 Å². The lowest BCUT2D eigenvalue weighted by Crippen LogP contribution is -2.50. The summed E-state index contributed by atoms with van der Waals surface area (Å²) < 4.78 is 62.5. The molecule has 1 aliphatic rings. The Morgan fingerprint density at radius 3 is 2.34 bits per heavy atom. The van der Waals surface area contributed by atoms with E-state index in [1.807, 2.05) is 0 Å². The maximum atomic E-state index is 14.7. The Hall–Kier alpha value is -3.03. The molecular formula is C22H27F2N3O6SSi. The van der Waals surface area contributed by atoms with Crippen LogP contribution in [-0.2, 0) is 21.4 Å². The Kier molecular flexibility index (Phi) is 7.52. The number of carbonyl (C=O) groups is 2. The van der Waals surface area contributed by atoms with Crippen molar-refractivity contribution in [1.29, 1.82) is 0 Å². The highest BCUT2D eigenvalue weighted by molar-refractivity contribution is 7.87. The SMILES string of the molecule is CCOc1ccc2c(c1)CCN(S(=O)(=O)NC(=O)O)[C@H]2C(=O)Nc1cc(F)c([Si](C)(C)C)c(F)c1. The highest BCUT2D eigenvalue weighted by Gasteiger charge is 2.41. The van der Waals surface area contributed by atoms with Gasteiger partial charge in [0.2, 0.25) is 5.91 Å². The summed E-state index contributed by atoms with van der Waals surface area (Å²) in [5.74, 6) is -1.98. The molecule has 9 nitrogen and oxygen atoms in total. The smallest absolute Gasteiger partial charge is 0.419 e. The van der Waals surface area contributed by atoms with Gasteiger partial charge in [0.15, 0.2) is 0 Å². The number of benzene rings is 2. The van der Waals surface area contributed by atoms with E-state index in [2.05, 4.69) is 5.32 Å². The van der Waals surface area contributed by atoms with E-state index in [0.717, 1.165) is 12.1 Å². The number of carbonyl (C=O) groups excluding carboxylic acids is 1. The maximum Gasteiger partial charge on any atom is 0.419 e. The summed E-state index contributed by atoms with van der Waals surface area (Å²) in [5, 5.41) is 11.3. The number of nitrogens with one attached hydrogen (secondary N) is 2. The van der Waals surface area contributed by atoms with E-state index in [0.29, 0.717) is 27.8 Å². The van der Waals surface area contributed by atoms with Gasteiger partial charge in [0, 0.05) is 17.4 Å². The van der Waals surface area contributed by atoms with Crippen molar-refractivity contribution < 1.29 is 36.6 Å². The third-order valence-electron chi connectivity index (χ3n) is 5.44. The summed E-state index contributed by atoms with van der Waals surface area (Å²) in [4.78, 5) is 24.4. The van der Waals surface area contributed by atoms with Crippen LogP contribution in [0.5, 0.6) is 5.75 Å². The average Bonchev–Trinajstić information content (AvgIpc) is 2.70. The Balaban J connectivity index is 2.04. The molecule has 0 fully saturated rings. The van der Waals surface area contributed by atoms with Gasteiger partial charge in [-0.3, -0.25) is 4.79 Å². The van der Waals surface area contributed by atoms with Gasteiger partial charge in [0.1, 0.15) is 23.4 Å². The Labute approximate surface area is 203 Å². The van der Waals surface area contributed by atoms with Crippen LogP contribution >= 0.6 is 0 Å². The second-order valence-corrected chi connectivity index (χ2v) is 15.6. The molecule has 13 heteroatoms. The van der Waals surface area contributed by atoms with Crippen LogP contribution in [0.1, 0.15) is 24.1 Å². The van der Waals surface area contributed by atoms with Crippen LogP contribution in [0.2, 0.25) is 19.6 Å². The first kappa shape index (κ1) is 26.6. The number of hydrogen-bond acceptors (Lipinski definition) is 5. The molecule has 0 saturated carbocycles. The van der Waals surface area contributed by atoms with Gasteiger partial charge in [0.05, 0.1) is 14.7 Å². The van der Waals surface area contributed by atoms with Crippen molar-refractivity contribution in [2.24, 2.45) is 0 Å². The number of carboxylic acid groups (broad SMARTS) is 1. The van der Waals surface area contributed by atoms with Crippen LogP contribution < -0.4 is 20.0 Å². The summed E-state index contributed by atoms with van der Waals surface area (Å²) >= 11 is 0. The second-order valence-electron chi connectivity index (χ2n) is 9.02. The minimum absolute atomic E-state index is 0.0168. The largest absolute Gasteiger partial charge is 0.494 e. The van der Waals surface area contributed by atoms with Crippen LogP contribution in [0.25, 0.3) is 0 Å². The molecule has 35 heavy (non-hydrogen) atoms. The number of nitrogens with zero attached hydrogens (tertiary/aromatic N) is 1. The zero-order valence-electron chi connectivity index (χ0n) is 19.7. The lowest BCUT2D eigenvalue weighted by Gasteiger charge is -2.35. The highest BCUT2D eigenvalue weighted by atomic mass is 32.2. The van der Waals surface area contributed by atoms with Crippen LogP contribution in [0, 0.1) is 11.6 Å². The van der Waals surface area contributed by atoms with Crippen molar-refractivity contribution in [2.75, 3.05) is 18.5 Å².